The van der Waals surface area contributed by atoms with Crippen molar-refractivity contribution in [1.29, 1.82) is 0 Å². The Balaban J connectivity index is 1.91. The van der Waals surface area contributed by atoms with Gasteiger partial charge < -0.3 is 14.7 Å². The molecule has 0 amide bonds. The number of hydrogen-bond donors (Lipinski definition) is 1. The van der Waals surface area contributed by atoms with Crippen molar-refractivity contribution in [2.45, 2.75) is 77.1 Å². The number of aliphatic hydroxyl groups is 1. The zero-order chi connectivity index (χ0) is 15.0. The first-order valence-electron chi connectivity index (χ1n) is 8.29. The van der Waals surface area contributed by atoms with E-state index < -0.39 is 5.60 Å². The van der Waals surface area contributed by atoms with Gasteiger partial charge in [-0.2, -0.15) is 0 Å². The van der Waals surface area contributed by atoms with E-state index in [1.54, 1.807) is 0 Å². The summed E-state index contributed by atoms with van der Waals surface area (Å²) in [5.41, 5.74) is -0.677. The molecule has 2 atom stereocenters. The van der Waals surface area contributed by atoms with Crippen LogP contribution in [-0.4, -0.2) is 47.4 Å². The minimum Gasteiger partial charge on any atom is -0.390 e. The van der Waals surface area contributed by atoms with Crippen LogP contribution in [0.15, 0.2) is 0 Å². The molecule has 1 saturated heterocycles. The summed E-state index contributed by atoms with van der Waals surface area (Å²) in [5.74, 6) is 1.04. The van der Waals surface area contributed by atoms with E-state index in [0.29, 0.717) is 0 Å². The van der Waals surface area contributed by atoms with Gasteiger partial charge in [0.05, 0.1) is 17.3 Å². The second kappa shape index (κ2) is 5.94. The van der Waals surface area contributed by atoms with Crippen LogP contribution in [-0.2, 0) is 4.74 Å². The molecule has 2 fully saturated rings. The number of ether oxygens (including phenoxy) is 1. The lowest BCUT2D eigenvalue weighted by Crippen LogP contribution is -2.43. The molecule has 0 bridgehead atoms. The van der Waals surface area contributed by atoms with Crippen LogP contribution in [0.1, 0.15) is 59.8 Å². The van der Waals surface area contributed by atoms with Crippen LogP contribution in [0.2, 0.25) is 0 Å². The van der Waals surface area contributed by atoms with Crippen LogP contribution in [0.5, 0.6) is 0 Å². The van der Waals surface area contributed by atoms with E-state index in [1.165, 1.54) is 38.6 Å². The van der Waals surface area contributed by atoms with Gasteiger partial charge in [0.2, 0.25) is 0 Å². The van der Waals surface area contributed by atoms with E-state index in [0.717, 1.165) is 12.5 Å². The molecule has 1 N–H and O–H groups in total. The van der Waals surface area contributed by atoms with Crippen LogP contribution in [0.4, 0.5) is 0 Å². The average molecular weight is 283 g/mol. The summed E-state index contributed by atoms with van der Waals surface area (Å²) in [6.07, 6.45) is 6.58. The largest absolute Gasteiger partial charge is 0.390 e. The van der Waals surface area contributed by atoms with Gasteiger partial charge in [-0.1, -0.05) is 19.3 Å². The zero-order valence-electron chi connectivity index (χ0n) is 14.0. The van der Waals surface area contributed by atoms with Gasteiger partial charge in [-0.15, -0.1) is 0 Å². The lowest BCUT2D eigenvalue weighted by molar-refractivity contribution is -0.0913. The second-order valence-electron chi connectivity index (χ2n) is 8.09. The predicted molar refractivity (Wildman–Crippen MR) is 82.8 cm³/mol. The van der Waals surface area contributed by atoms with E-state index in [1.807, 2.05) is 13.8 Å². The Morgan fingerprint density at radius 3 is 2.10 bits per heavy atom. The van der Waals surface area contributed by atoms with E-state index >= 15 is 0 Å². The summed E-state index contributed by atoms with van der Waals surface area (Å²) in [7, 11) is 2.20. The lowest BCUT2D eigenvalue weighted by Gasteiger charge is -2.33. The van der Waals surface area contributed by atoms with E-state index in [9.17, 15) is 5.11 Å². The van der Waals surface area contributed by atoms with Crippen molar-refractivity contribution in [1.82, 2.24) is 4.90 Å². The molecule has 2 aliphatic rings. The predicted octanol–water partition coefficient (Wildman–Crippen LogP) is 3.06. The molecule has 1 heterocycles. The number of rotatable bonds is 4. The highest BCUT2D eigenvalue weighted by molar-refractivity contribution is 5.02. The fourth-order valence-corrected chi connectivity index (χ4v) is 4.22. The van der Waals surface area contributed by atoms with Crippen molar-refractivity contribution in [3.8, 4) is 0 Å². The summed E-state index contributed by atoms with van der Waals surface area (Å²) in [4.78, 5) is 2.41. The maximum absolute atomic E-state index is 10.6. The molecule has 1 aliphatic carbocycles. The molecule has 0 spiro atoms. The smallest absolute Gasteiger partial charge is 0.0896 e. The topological polar surface area (TPSA) is 32.7 Å². The van der Waals surface area contributed by atoms with Gasteiger partial charge in [-0.25, -0.2) is 0 Å². The third-order valence-corrected chi connectivity index (χ3v) is 5.32. The fraction of sp³-hybridized carbons (Fsp3) is 1.00. The molecule has 2 rings (SSSR count). The Labute approximate surface area is 124 Å². The first kappa shape index (κ1) is 16.3. The fourth-order valence-electron chi connectivity index (χ4n) is 4.22. The van der Waals surface area contributed by atoms with Crippen LogP contribution >= 0.6 is 0 Å². The standard InChI is InChI=1S/C17H33NO2/c1-16(2)14(15(19)17(3,4)20-16)12-18(5)11-13-9-7-6-8-10-13/h13-15,19H,6-12H2,1-5H3. The highest BCUT2D eigenvalue weighted by atomic mass is 16.5. The molecular formula is C17H33NO2. The van der Waals surface area contributed by atoms with Gasteiger partial charge in [0.25, 0.3) is 0 Å². The molecule has 2 unspecified atom stereocenters. The maximum atomic E-state index is 10.6. The van der Waals surface area contributed by atoms with Crippen molar-refractivity contribution >= 4 is 0 Å². The first-order chi connectivity index (χ1) is 9.22. The van der Waals surface area contributed by atoms with Crippen molar-refractivity contribution in [3.05, 3.63) is 0 Å². The van der Waals surface area contributed by atoms with E-state index in [2.05, 4.69) is 25.8 Å². The van der Waals surface area contributed by atoms with Crippen molar-refractivity contribution in [2.24, 2.45) is 11.8 Å². The Morgan fingerprint density at radius 1 is 1.00 bits per heavy atom. The summed E-state index contributed by atoms with van der Waals surface area (Å²) >= 11 is 0. The molecule has 0 aromatic heterocycles. The quantitative estimate of drug-likeness (QED) is 0.860. The molecule has 20 heavy (non-hydrogen) atoms. The normalized spacial score (nSPS) is 33.8. The van der Waals surface area contributed by atoms with Crippen LogP contribution in [0, 0.1) is 11.8 Å². The van der Waals surface area contributed by atoms with Gasteiger partial charge in [-0.3, -0.25) is 0 Å². The van der Waals surface area contributed by atoms with Crippen molar-refractivity contribution in [3.63, 3.8) is 0 Å². The Kier molecular flexibility index (Phi) is 4.83. The third kappa shape index (κ3) is 3.55. The van der Waals surface area contributed by atoms with Crippen molar-refractivity contribution in [2.75, 3.05) is 20.1 Å². The van der Waals surface area contributed by atoms with Gasteiger partial charge in [0.1, 0.15) is 0 Å². The lowest BCUT2D eigenvalue weighted by atomic mass is 9.83. The van der Waals surface area contributed by atoms with Gasteiger partial charge in [0.15, 0.2) is 0 Å². The number of nitrogens with zero attached hydrogens (tertiary/aromatic N) is 1. The summed E-state index contributed by atoms with van der Waals surface area (Å²) in [5, 5.41) is 10.6. The Bertz CT molecular complexity index is 321. The van der Waals surface area contributed by atoms with Gasteiger partial charge in [0, 0.05) is 19.0 Å². The summed E-state index contributed by atoms with van der Waals surface area (Å²) < 4.78 is 6.08. The average Bonchev–Trinajstić information content (AvgIpc) is 2.49. The van der Waals surface area contributed by atoms with Crippen LogP contribution in [0.3, 0.4) is 0 Å². The molecule has 3 nitrogen and oxygen atoms in total. The molecule has 118 valence electrons. The number of hydrogen-bond acceptors (Lipinski definition) is 3. The van der Waals surface area contributed by atoms with Crippen molar-refractivity contribution < 1.29 is 9.84 Å². The minimum absolute atomic E-state index is 0.186. The van der Waals surface area contributed by atoms with Gasteiger partial charge in [-0.05, 0) is 53.5 Å². The molecule has 0 radical (unpaired) electrons. The summed E-state index contributed by atoms with van der Waals surface area (Å²) in [6, 6.07) is 0. The molecule has 1 saturated carbocycles. The van der Waals surface area contributed by atoms with Crippen LogP contribution < -0.4 is 0 Å². The Morgan fingerprint density at radius 2 is 1.60 bits per heavy atom. The molecular weight excluding hydrogens is 250 g/mol. The number of aliphatic hydroxyl groups excluding tert-OH is 1. The second-order valence-corrected chi connectivity index (χ2v) is 8.09. The zero-order valence-corrected chi connectivity index (χ0v) is 14.0. The molecule has 1 aliphatic heterocycles. The summed E-state index contributed by atoms with van der Waals surface area (Å²) in [6.45, 7) is 10.3. The highest BCUT2D eigenvalue weighted by Gasteiger charge is 2.53. The molecule has 3 heteroatoms. The third-order valence-electron chi connectivity index (χ3n) is 5.32. The first-order valence-corrected chi connectivity index (χ1v) is 8.29. The highest BCUT2D eigenvalue weighted by Crippen LogP contribution is 2.42. The molecule has 0 aromatic rings. The van der Waals surface area contributed by atoms with E-state index in [-0.39, 0.29) is 17.6 Å². The van der Waals surface area contributed by atoms with E-state index in [4.69, 9.17) is 4.74 Å². The van der Waals surface area contributed by atoms with Gasteiger partial charge >= 0.3 is 0 Å². The minimum atomic E-state index is -0.431. The monoisotopic (exact) mass is 283 g/mol. The maximum Gasteiger partial charge on any atom is 0.0896 e. The molecule has 0 aromatic carbocycles. The Hall–Kier alpha value is -0.120. The SMILES string of the molecule is CN(CC1CCCCC1)CC1C(O)C(C)(C)OC1(C)C. The van der Waals surface area contributed by atoms with Crippen LogP contribution in [0.25, 0.3) is 0 Å².